The second-order valence-corrected chi connectivity index (χ2v) is 10.7. The molecule has 0 radical (unpaired) electrons. The topological polar surface area (TPSA) is 80.1 Å². The summed E-state index contributed by atoms with van der Waals surface area (Å²) >= 11 is 0. The van der Waals surface area contributed by atoms with E-state index in [1.165, 1.54) is 50.5 Å². The lowest BCUT2D eigenvalue weighted by Gasteiger charge is -2.28. The van der Waals surface area contributed by atoms with Gasteiger partial charge >= 0.3 is 0 Å². The quantitative estimate of drug-likeness (QED) is 0.291. The van der Waals surface area contributed by atoms with Crippen LogP contribution in [-0.4, -0.2) is 77.8 Å². The number of hydrogen-bond acceptors (Lipinski definition) is 7. The van der Waals surface area contributed by atoms with Crippen molar-refractivity contribution in [1.29, 1.82) is 0 Å². The van der Waals surface area contributed by atoms with Crippen molar-refractivity contribution >= 4 is 22.8 Å². The molecule has 2 fully saturated rings. The molecule has 3 heterocycles. The predicted molar refractivity (Wildman–Crippen MR) is 154 cm³/mol. The first-order valence-corrected chi connectivity index (χ1v) is 14.5. The number of morpholine rings is 1. The van der Waals surface area contributed by atoms with Gasteiger partial charge in [0.2, 0.25) is 5.95 Å². The largest absolute Gasteiger partial charge is 0.378 e. The lowest BCUT2D eigenvalue weighted by Crippen LogP contribution is -2.37. The molecular formula is C29H41F4N7O. The number of hydrogen-bond donors (Lipinski definition) is 2. The summed E-state index contributed by atoms with van der Waals surface area (Å²) in [5.74, 6) is 1.86. The Balaban J connectivity index is 0.000000374. The molecular weight excluding hydrogens is 538 g/mol. The molecule has 0 amide bonds. The zero-order valence-corrected chi connectivity index (χ0v) is 23.8. The van der Waals surface area contributed by atoms with Crippen LogP contribution in [0.3, 0.4) is 0 Å². The zero-order valence-electron chi connectivity index (χ0n) is 23.8. The van der Waals surface area contributed by atoms with Crippen molar-refractivity contribution in [2.45, 2.75) is 64.7 Å². The van der Waals surface area contributed by atoms with Crippen molar-refractivity contribution in [1.82, 2.24) is 24.8 Å². The summed E-state index contributed by atoms with van der Waals surface area (Å²) in [5, 5.41) is 6.03. The molecule has 2 aliphatic rings. The second-order valence-electron chi connectivity index (χ2n) is 10.7. The number of aromatic nitrogens is 4. The van der Waals surface area contributed by atoms with Gasteiger partial charge in [0, 0.05) is 38.8 Å². The van der Waals surface area contributed by atoms with Crippen molar-refractivity contribution < 1.29 is 22.3 Å². The molecule has 2 N–H and O–H groups in total. The number of imidazole rings is 1. The average Bonchev–Trinajstić information content (AvgIpc) is 3.37. The highest BCUT2D eigenvalue weighted by molar-refractivity contribution is 5.78. The van der Waals surface area contributed by atoms with Gasteiger partial charge in [0.1, 0.15) is 24.0 Å². The molecule has 0 bridgehead atoms. The van der Waals surface area contributed by atoms with Crippen molar-refractivity contribution in [2.75, 3.05) is 56.2 Å². The molecule has 1 aliphatic carbocycles. The van der Waals surface area contributed by atoms with E-state index in [1.807, 2.05) is 6.07 Å². The van der Waals surface area contributed by atoms with E-state index in [4.69, 9.17) is 9.72 Å². The Labute approximate surface area is 238 Å². The molecule has 41 heavy (non-hydrogen) atoms. The summed E-state index contributed by atoms with van der Waals surface area (Å²) in [5.41, 5.74) is 1.12. The normalized spacial score (nSPS) is 17.8. The highest BCUT2D eigenvalue weighted by Gasteiger charge is 2.23. The van der Waals surface area contributed by atoms with E-state index in [-0.39, 0.29) is 18.9 Å². The molecule has 2 aromatic heterocycles. The number of rotatable bonds is 10. The van der Waals surface area contributed by atoms with Gasteiger partial charge in [-0.1, -0.05) is 31.4 Å². The summed E-state index contributed by atoms with van der Waals surface area (Å²) in [6.45, 7) is 6.78. The van der Waals surface area contributed by atoms with E-state index in [1.54, 1.807) is 24.3 Å². The number of halogens is 4. The first-order valence-electron chi connectivity index (χ1n) is 14.5. The van der Waals surface area contributed by atoms with Crippen molar-refractivity contribution in [3.8, 4) is 5.82 Å². The van der Waals surface area contributed by atoms with E-state index in [0.29, 0.717) is 60.8 Å². The molecule has 5 rings (SSSR count). The van der Waals surface area contributed by atoms with Gasteiger partial charge in [-0.25, -0.2) is 22.5 Å². The van der Waals surface area contributed by atoms with Crippen LogP contribution in [0.4, 0.5) is 29.3 Å². The number of nitrogens with zero attached hydrogens (tertiary/aromatic N) is 5. The first-order chi connectivity index (χ1) is 19.8. The van der Waals surface area contributed by atoms with Gasteiger partial charge in [-0.15, -0.1) is 0 Å². The van der Waals surface area contributed by atoms with E-state index in [9.17, 15) is 17.6 Å². The van der Waals surface area contributed by atoms with Gasteiger partial charge in [-0.05, 0) is 44.7 Å². The van der Waals surface area contributed by atoms with Crippen LogP contribution < -0.4 is 15.5 Å². The molecule has 1 saturated heterocycles. The molecule has 1 aromatic carbocycles. The Kier molecular flexibility index (Phi) is 11.6. The fraction of sp³-hybridized carbons (Fsp3) is 0.621. The maximum absolute atomic E-state index is 13.9. The Morgan fingerprint density at radius 3 is 2.22 bits per heavy atom. The van der Waals surface area contributed by atoms with Gasteiger partial charge in [0.05, 0.1) is 24.2 Å². The van der Waals surface area contributed by atoms with Crippen LogP contribution in [0.2, 0.25) is 0 Å². The number of ether oxygens (including phenoxy) is 1. The lowest BCUT2D eigenvalue weighted by atomic mass is 9.89. The second kappa shape index (κ2) is 15.3. The van der Waals surface area contributed by atoms with Crippen molar-refractivity contribution in [2.24, 2.45) is 5.92 Å². The number of benzene rings is 1. The van der Waals surface area contributed by atoms with Crippen LogP contribution in [0.25, 0.3) is 16.9 Å². The third-order valence-electron chi connectivity index (χ3n) is 7.17. The molecule has 0 spiro atoms. The fourth-order valence-corrected chi connectivity index (χ4v) is 5.11. The number of nitrogens with one attached hydrogen (secondary N) is 2. The molecule has 1 aliphatic heterocycles. The van der Waals surface area contributed by atoms with Crippen LogP contribution in [0.1, 0.15) is 58.2 Å². The monoisotopic (exact) mass is 579 g/mol. The predicted octanol–water partition coefficient (Wildman–Crippen LogP) is 5.87. The van der Waals surface area contributed by atoms with E-state index in [0.717, 1.165) is 6.54 Å². The maximum atomic E-state index is 13.9. The maximum Gasteiger partial charge on any atom is 0.296 e. The average molecular weight is 580 g/mol. The van der Waals surface area contributed by atoms with Gasteiger partial charge < -0.3 is 20.3 Å². The minimum Gasteiger partial charge on any atom is -0.378 e. The lowest BCUT2D eigenvalue weighted by molar-refractivity contribution is 0.122. The molecule has 3 aromatic rings. The summed E-state index contributed by atoms with van der Waals surface area (Å²) in [6.07, 6.45) is 1.72. The van der Waals surface area contributed by atoms with E-state index in [2.05, 4.69) is 25.5 Å². The standard InChI is InChI=1S/C23H28F2N6O.C6H13F2N/c24-21(25)22-27-17-8-4-5-9-18(17)31(22)20-14-19(30-10-12-32-13-11-30)28-23(29-20)26-15-16-6-2-1-3-7-16;1-5(7)3-9-4-6(2)8/h4-5,8-9,14,16,21H,1-3,6-7,10-13,15H2,(H,26,28,29);5-6,9H,3-4H2,1-2H3. The first kappa shape index (κ1) is 31.0. The molecule has 226 valence electrons. The Morgan fingerprint density at radius 1 is 0.902 bits per heavy atom. The smallest absolute Gasteiger partial charge is 0.296 e. The fourth-order valence-electron chi connectivity index (χ4n) is 5.11. The van der Waals surface area contributed by atoms with Gasteiger partial charge in [-0.3, -0.25) is 4.57 Å². The minimum absolute atomic E-state index is 0.244. The van der Waals surface area contributed by atoms with E-state index < -0.39 is 18.8 Å². The number of fused-ring (bicyclic) bond motifs is 1. The van der Waals surface area contributed by atoms with Gasteiger partial charge in [0.15, 0.2) is 5.82 Å². The van der Waals surface area contributed by atoms with Gasteiger partial charge in [-0.2, -0.15) is 9.97 Å². The van der Waals surface area contributed by atoms with Crippen LogP contribution in [0.15, 0.2) is 30.3 Å². The Bertz CT molecular complexity index is 1200. The van der Waals surface area contributed by atoms with Gasteiger partial charge in [0.25, 0.3) is 6.43 Å². The number of alkyl halides is 4. The summed E-state index contributed by atoms with van der Waals surface area (Å²) in [4.78, 5) is 15.7. The molecule has 2 unspecified atom stereocenters. The van der Waals surface area contributed by atoms with Crippen LogP contribution >= 0.6 is 0 Å². The molecule has 8 nitrogen and oxygen atoms in total. The van der Waals surface area contributed by atoms with Crippen LogP contribution in [-0.2, 0) is 4.74 Å². The van der Waals surface area contributed by atoms with Crippen molar-refractivity contribution in [3.63, 3.8) is 0 Å². The highest BCUT2D eigenvalue weighted by Crippen LogP contribution is 2.30. The number of anilines is 2. The SMILES string of the molecule is CC(F)CNCC(C)F.FC(F)c1nc2ccccc2n1-c1cc(N2CCOCC2)nc(NCC2CCCCC2)n1. The highest BCUT2D eigenvalue weighted by atomic mass is 19.3. The zero-order chi connectivity index (χ0) is 29.2. The number of para-hydroxylation sites is 2. The summed E-state index contributed by atoms with van der Waals surface area (Å²) < 4.78 is 58.7. The Morgan fingerprint density at radius 2 is 1.56 bits per heavy atom. The van der Waals surface area contributed by atoms with Crippen LogP contribution in [0.5, 0.6) is 0 Å². The minimum atomic E-state index is -2.72. The van der Waals surface area contributed by atoms with E-state index >= 15 is 0 Å². The molecule has 12 heteroatoms. The summed E-state index contributed by atoms with van der Waals surface area (Å²) in [7, 11) is 0. The summed E-state index contributed by atoms with van der Waals surface area (Å²) in [6, 6.07) is 8.92. The Hall–Kier alpha value is -2.99. The molecule has 2 atom stereocenters. The van der Waals surface area contributed by atoms with Crippen molar-refractivity contribution in [3.05, 3.63) is 36.2 Å². The van der Waals surface area contributed by atoms with Crippen LogP contribution in [0, 0.1) is 5.92 Å². The third-order valence-corrected chi connectivity index (χ3v) is 7.17. The molecule has 1 saturated carbocycles. The third kappa shape index (κ3) is 9.00.